The molecule has 0 heterocycles. The molecule has 0 aliphatic carbocycles. The van der Waals surface area contributed by atoms with E-state index in [9.17, 15) is 9.90 Å². The van der Waals surface area contributed by atoms with Crippen LogP contribution in [-0.2, 0) is 6.42 Å². The summed E-state index contributed by atoms with van der Waals surface area (Å²) in [7, 11) is 0. The smallest absolute Gasteiger partial charge is 0.251 e. The lowest BCUT2D eigenvalue weighted by Gasteiger charge is -2.15. The third kappa shape index (κ3) is 4.05. The molecule has 0 aliphatic rings. The molecule has 1 atom stereocenters. The van der Waals surface area contributed by atoms with Gasteiger partial charge in [0, 0.05) is 12.1 Å². The molecule has 0 radical (unpaired) electrons. The Morgan fingerprint density at radius 3 is 2.64 bits per heavy atom. The number of benzene rings is 3. The Hall–Kier alpha value is -2.69. The van der Waals surface area contributed by atoms with Crippen molar-refractivity contribution in [3.8, 4) is 0 Å². The van der Waals surface area contributed by atoms with Gasteiger partial charge in [-0.05, 0) is 47.0 Å². The molecular weight excluding hydrogens is 312 g/mol. The number of carbonyl (C=O) groups excluding carboxylic acids is 1. The van der Waals surface area contributed by atoms with Crippen LogP contribution in [-0.4, -0.2) is 24.1 Å². The lowest BCUT2D eigenvalue weighted by Crippen LogP contribution is -2.28. The summed E-state index contributed by atoms with van der Waals surface area (Å²) in [6, 6.07) is 21.1. The van der Waals surface area contributed by atoms with E-state index in [1.807, 2.05) is 60.7 Å². The third-order valence-electron chi connectivity index (χ3n) is 4.26. The van der Waals surface area contributed by atoms with Crippen molar-refractivity contribution < 1.29 is 9.90 Å². The van der Waals surface area contributed by atoms with Gasteiger partial charge in [-0.2, -0.15) is 0 Å². The zero-order chi connectivity index (χ0) is 17.6. The Kier molecular flexibility index (Phi) is 5.43. The molecule has 4 heteroatoms. The van der Waals surface area contributed by atoms with Gasteiger partial charge in [-0.15, -0.1) is 0 Å². The van der Waals surface area contributed by atoms with Gasteiger partial charge in [0.05, 0.1) is 6.10 Å². The van der Waals surface area contributed by atoms with Gasteiger partial charge in [0.15, 0.2) is 0 Å². The first kappa shape index (κ1) is 17.1. The molecule has 4 nitrogen and oxygen atoms in total. The summed E-state index contributed by atoms with van der Waals surface area (Å²) < 4.78 is 0. The zero-order valence-corrected chi connectivity index (χ0v) is 14.0. The lowest BCUT2D eigenvalue weighted by molar-refractivity contribution is 0.0917. The third-order valence-corrected chi connectivity index (χ3v) is 4.26. The fraction of sp³-hybridized carbons (Fsp3) is 0.190. The van der Waals surface area contributed by atoms with Crippen LogP contribution in [0.2, 0.25) is 0 Å². The van der Waals surface area contributed by atoms with Crippen LogP contribution in [0.4, 0.5) is 0 Å². The molecule has 4 N–H and O–H groups in total. The summed E-state index contributed by atoms with van der Waals surface area (Å²) in [5.74, 6) is -0.196. The minimum absolute atomic E-state index is 0.161. The molecule has 3 rings (SSSR count). The molecular formula is C21H22N2O2. The molecule has 0 aliphatic heterocycles. The van der Waals surface area contributed by atoms with Gasteiger partial charge >= 0.3 is 0 Å². The summed E-state index contributed by atoms with van der Waals surface area (Å²) in [6.07, 6.45) is -0.0259. The molecule has 1 amide bonds. The van der Waals surface area contributed by atoms with Gasteiger partial charge in [0.25, 0.3) is 5.91 Å². The predicted octanol–water partition coefficient (Wildman–Crippen LogP) is 2.80. The second-order valence-electron chi connectivity index (χ2n) is 6.03. The molecule has 0 spiro atoms. The average Bonchev–Trinajstić information content (AvgIpc) is 2.66. The van der Waals surface area contributed by atoms with Crippen LogP contribution in [0.15, 0.2) is 66.7 Å². The Bertz CT molecular complexity index is 871. The maximum atomic E-state index is 12.3. The van der Waals surface area contributed by atoms with E-state index in [2.05, 4.69) is 5.32 Å². The molecule has 1 unspecified atom stereocenters. The highest BCUT2D eigenvalue weighted by atomic mass is 16.3. The number of aliphatic hydroxyl groups is 1. The first-order chi connectivity index (χ1) is 12.2. The highest BCUT2D eigenvalue weighted by molar-refractivity contribution is 5.94. The number of nitrogens with one attached hydrogen (secondary N) is 1. The number of carbonyl (C=O) groups is 1. The molecule has 128 valence electrons. The van der Waals surface area contributed by atoms with E-state index in [1.54, 1.807) is 6.07 Å². The lowest BCUT2D eigenvalue weighted by atomic mass is 10.0. The quantitative estimate of drug-likeness (QED) is 0.649. The van der Waals surface area contributed by atoms with Crippen LogP contribution < -0.4 is 11.1 Å². The van der Waals surface area contributed by atoms with E-state index in [4.69, 9.17) is 5.73 Å². The molecule has 0 bridgehead atoms. The number of amides is 1. The maximum Gasteiger partial charge on any atom is 0.251 e. The van der Waals surface area contributed by atoms with Crippen LogP contribution in [0.1, 0.15) is 27.6 Å². The van der Waals surface area contributed by atoms with Crippen molar-refractivity contribution in [1.29, 1.82) is 0 Å². The topological polar surface area (TPSA) is 75.4 Å². The van der Waals surface area contributed by atoms with Crippen LogP contribution in [0.25, 0.3) is 10.8 Å². The van der Waals surface area contributed by atoms with Gasteiger partial charge in [0.2, 0.25) is 0 Å². The van der Waals surface area contributed by atoms with Crippen LogP contribution >= 0.6 is 0 Å². The average molecular weight is 334 g/mol. The molecule has 25 heavy (non-hydrogen) atoms. The van der Waals surface area contributed by atoms with Crippen LogP contribution in [0, 0.1) is 0 Å². The van der Waals surface area contributed by atoms with E-state index in [-0.39, 0.29) is 12.5 Å². The Morgan fingerprint density at radius 1 is 1.04 bits per heavy atom. The minimum Gasteiger partial charge on any atom is -0.387 e. The molecule has 3 aromatic rings. The summed E-state index contributed by atoms with van der Waals surface area (Å²) in [4.78, 5) is 12.3. The zero-order valence-electron chi connectivity index (χ0n) is 14.0. The Morgan fingerprint density at radius 2 is 1.80 bits per heavy atom. The number of aliphatic hydroxyl groups excluding tert-OH is 1. The maximum absolute atomic E-state index is 12.3. The predicted molar refractivity (Wildman–Crippen MR) is 100 cm³/mol. The minimum atomic E-state index is -0.762. The van der Waals surface area contributed by atoms with Gasteiger partial charge in [-0.1, -0.05) is 54.6 Å². The van der Waals surface area contributed by atoms with Gasteiger partial charge < -0.3 is 16.2 Å². The van der Waals surface area contributed by atoms with Crippen molar-refractivity contribution in [2.75, 3.05) is 13.1 Å². The van der Waals surface area contributed by atoms with Crippen LogP contribution in [0.5, 0.6) is 0 Å². The second kappa shape index (κ2) is 7.92. The van der Waals surface area contributed by atoms with Gasteiger partial charge in [-0.3, -0.25) is 4.79 Å². The standard InChI is InChI=1S/C21H22N2O2/c22-12-11-15-5-3-8-17(13-15)21(25)23-14-20(24)19-10-4-7-16-6-1-2-9-18(16)19/h1-10,13,20,24H,11-12,14,22H2,(H,23,25). The molecule has 0 aromatic heterocycles. The monoisotopic (exact) mass is 334 g/mol. The first-order valence-corrected chi connectivity index (χ1v) is 8.42. The van der Waals surface area contributed by atoms with Crippen molar-refractivity contribution in [1.82, 2.24) is 5.32 Å². The number of hydrogen-bond acceptors (Lipinski definition) is 3. The summed E-state index contributed by atoms with van der Waals surface area (Å²) in [5, 5.41) is 15.4. The SMILES string of the molecule is NCCc1cccc(C(=O)NCC(O)c2cccc3ccccc23)c1. The van der Waals surface area contributed by atoms with Crippen molar-refractivity contribution in [3.05, 3.63) is 83.4 Å². The highest BCUT2D eigenvalue weighted by Gasteiger charge is 2.13. The van der Waals surface area contributed by atoms with Gasteiger partial charge in [0.1, 0.15) is 0 Å². The Labute approximate surface area is 147 Å². The first-order valence-electron chi connectivity index (χ1n) is 8.42. The van der Waals surface area contributed by atoms with Crippen molar-refractivity contribution in [3.63, 3.8) is 0 Å². The normalized spacial score (nSPS) is 12.1. The summed E-state index contributed by atoms with van der Waals surface area (Å²) in [5.41, 5.74) is 7.99. The van der Waals surface area contributed by atoms with E-state index >= 15 is 0 Å². The summed E-state index contributed by atoms with van der Waals surface area (Å²) >= 11 is 0. The second-order valence-corrected chi connectivity index (χ2v) is 6.03. The number of fused-ring (bicyclic) bond motifs is 1. The summed E-state index contributed by atoms with van der Waals surface area (Å²) in [6.45, 7) is 0.707. The van der Waals surface area contributed by atoms with E-state index < -0.39 is 6.10 Å². The number of nitrogens with two attached hydrogens (primary N) is 1. The van der Waals surface area contributed by atoms with Crippen molar-refractivity contribution in [2.45, 2.75) is 12.5 Å². The fourth-order valence-corrected chi connectivity index (χ4v) is 2.98. The molecule has 0 saturated carbocycles. The fourth-order valence-electron chi connectivity index (χ4n) is 2.98. The molecule has 0 saturated heterocycles. The van der Waals surface area contributed by atoms with Crippen molar-refractivity contribution >= 4 is 16.7 Å². The molecule has 0 fully saturated rings. The van der Waals surface area contributed by atoms with Crippen molar-refractivity contribution in [2.24, 2.45) is 5.73 Å². The number of rotatable bonds is 6. The number of hydrogen-bond donors (Lipinski definition) is 3. The largest absolute Gasteiger partial charge is 0.387 e. The van der Waals surface area contributed by atoms with Crippen LogP contribution in [0.3, 0.4) is 0 Å². The van der Waals surface area contributed by atoms with Gasteiger partial charge in [-0.25, -0.2) is 0 Å². The van der Waals surface area contributed by atoms with E-state index in [0.29, 0.717) is 12.1 Å². The Balaban J connectivity index is 1.70. The molecule has 3 aromatic carbocycles. The van der Waals surface area contributed by atoms with E-state index in [1.165, 1.54) is 0 Å². The highest BCUT2D eigenvalue weighted by Crippen LogP contribution is 2.23. The van der Waals surface area contributed by atoms with E-state index in [0.717, 1.165) is 28.3 Å².